The molecule has 0 spiro atoms. The van der Waals surface area contributed by atoms with E-state index in [0.29, 0.717) is 12.2 Å². The largest absolute Gasteiger partial charge is 0.351 e. The summed E-state index contributed by atoms with van der Waals surface area (Å²) >= 11 is 0. The molecule has 4 aromatic rings. The van der Waals surface area contributed by atoms with E-state index in [1.165, 1.54) is 11.1 Å². The first-order valence-corrected chi connectivity index (χ1v) is 10.2. The van der Waals surface area contributed by atoms with Crippen LogP contribution in [0.2, 0.25) is 0 Å². The van der Waals surface area contributed by atoms with Crippen molar-refractivity contribution in [1.82, 2.24) is 20.1 Å². The molecule has 1 aliphatic heterocycles. The standard InChI is InChI=1S/C24H24N4O/c1-16-8-10-17(11-9-16)20-14-25-27-23(20)19-6-4-12-28(15-19)24(29)22-13-18-5-2-3-7-21(18)26-22/h2-3,5,7-11,13-14,19,26H,4,6,12,15H2,1H3,(H,25,27)/t19-/m1/s1. The van der Waals surface area contributed by atoms with Crippen LogP contribution in [0.5, 0.6) is 0 Å². The van der Waals surface area contributed by atoms with E-state index < -0.39 is 0 Å². The van der Waals surface area contributed by atoms with Crippen molar-refractivity contribution < 1.29 is 4.79 Å². The first kappa shape index (κ1) is 17.7. The molecule has 0 radical (unpaired) electrons. The van der Waals surface area contributed by atoms with Gasteiger partial charge in [0.2, 0.25) is 0 Å². The number of amides is 1. The summed E-state index contributed by atoms with van der Waals surface area (Å²) in [6, 6.07) is 18.5. The molecule has 1 fully saturated rings. The number of nitrogens with zero attached hydrogens (tertiary/aromatic N) is 2. The first-order valence-electron chi connectivity index (χ1n) is 10.2. The number of aryl methyl sites for hydroxylation is 1. The third-order valence-electron chi connectivity index (χ3n) is 5.91. The Morgan fingerprint density at radius 1 is 1.14 bits per heavy atom. The highest BCUT2D eigenvalue weighted by atomic mass is 16.2. The van der Waals surface area contributed by atoms with E-state index in [0.717, 1.165) is 41.5 Å². The maximum atomic E-state index is 13.1. The predicted octanol–water partition coefficient (Wildman–Crippen LogP) is 4.89. The zero-order valence-corrected chi connectivity index (χ0v) is 16.5. The number of rotatable bonds is 3. The van der Waals surface area contributed by atoms with Gasteiger partial charge < -0.3 is 9.88 Å². The molecule has 0 aliphatic carbocycles. The van der Waals surface area contributed by atoms with Gasteiger partial charge in [0.1, 0.15) is 5.69 Å². The molecule has 5 heteroatoms. The lowest BCUT2D eigenvalue weighted by atomic mass is 9.90. The number of nitrogens with one attached hydrogen (secondary N) is 2. The Kier molecular flexibility index (Phi) is 4.43. The molecule has 0 bridgehead atoms. The van der Waals surface area contributed by atoms with Crippen LogP contribution in [0.1, 0.15) is 40.5 Å². The Balaban J connectivity index is 1.39. The first-order chi connectivity index (χ1) is 14.2. The van der Waals surface area contributed by atoms with Crippen LogP contribution in [-0.4, -0.2) is 39.1 Å². The number of hydrogen-bond donors (Lipinski definition) is 2. The van der Waals surface area contributed by atoms with Crippen LogP contribution in [0, 0.1) is 6.92 Å². The third-order valence-corrected chi connectivity index (χ3v) is 5.91. The van der Waals surface area contributed by atoms with Crippen molar-refractivity contribution in [2.75, 3.05) is 13.1 Å². The van der Waals surface area contributed by atoms with Gasteiger partial charge in [0.25, 0.3) is 5.91 Å². The molecule has 0 saturated carbocycles. The summed E-state index contributed by atoms with van der Waals surface area (Å²) in [4.78, 5) is 18.4. The maximum absolute atomic E-state index is 13.1. The fourth-order valence-corrected chi connectivity index (χ4v) is 4.33. The van der Waals surface area contributed by atoms with E-state index in [1.54, 1.807) is 0 Å². The van der Waals surface area contributed by atoms with Gasteiger partial charge in [-0.3, -0.25) is 9.89 Å². The summed E-state index contributed by atoms with van der Waals surface area (Å²) in [5.41, 5.74) is 6.33. The average molecular weight is 384 g/mol. The van der Waals surface area contributed by atoms with Crippen molar-refractivity contribution in [3.63, 3.8) is 0 Å². The molecule has 29 heavy (non-hydrogen) atoms. The van der Waals surface area contributed by atoms with E-state index in [2.05, 4.69) is 46.4 Å². The number of aromatic nitrogens is 3. The number of fused-ring (bicyclic) bond motifs is 1. The molecule has 5 rings (SSSR count). The lowest BCUT2D eigenvalue weighted by Gasteiger charge is -2.32. The second-order valence-electron chi connectivity index (χ2n) is 7.92. The monoisotopic (exact) mass is 384 g/mol. The summed E-state index contributed by atoms with van der Waals surface area (Å²) in [6.45, 7) is 3.59. The van der Waals surface area contributed by atoms with Crippen LogP contribution in [0.25, 0.3) is 22.0 Å². The number of carbonyl (C=O) groups excluding carboxylic acids is 1. The zero-order valence-electron chi connectivity index (χ0n) is 16.5. The van der Waals surface area contributed by atoms with E-state index in [1.807, 2.05) is 41.4 Å². The van der Waals surface area contributed by atoms with E-state index >= 15 is 0 Å². The summed E-state index contributed by atoms with van der Waals surface area (Å²) in [5, 5.41) is 8.60. The van der Waals surface area contributed by atoms with Crippen LogP contribution < -0.4 is 0 Å². The summed E-state index contributed by atoms with van der Waals surface area (Å²) < 4.78 is 0. The number of H-pyrrole nitrogens is 2. The Morgan fingerprint density at radius 3 is 2.79 bits per heavy atom. The molecule has 2 aromatic carbocycles. The second-order valence-corrected chi connectivity index (χ2v) is 7.92. The van der Waals surface area contributed by atoms with Gasteiger partial charge in [-0.1, -0.05) is 48.0 Å². The molecule has 2 N–H and O–H groups in total. The molecule has 3 heterocycles. The number of hydrogen-bond acceptors (Lipinski definition) is 2. The number of benzene rings is 2. The van der Waals surface area contributed by atoms with Crippen LogP contribution in [0.3, 0.4) is 0 Å². The van der Waals surface area contributed by atoms with Gasteiger partial charge >= 0.3 is 0 Å². The molecular formula is C24H24N4O. The molecule has 0 unspecified atom stereocenters. The van der Waals surface area contributed by atoms with E-state index in [9.17, 15) is 4.79 Å². The molecular weight excluding hydrogens is 360 g/mol. The van der Waals surface area contributed by atoms with Gasteiger partial charge in [0.15, 0.2) is 0 Å². The van der Waals surface area contributed by atoms with Crippen molar-refractivity contribution in [2.45, 2.75) is 25.7 Å². The highest BCUT2D eigenvalue weighted by molar-refractivity contribution is 5.98. The number of likely N-dealkylation sites (tertiary alicyclic amines) is 1. The highest BCUT2D eigenvalue weighted by Crippen LogP contribution is 2.33. The summed E-state index contributed by atoms with van der Waals surface area (Å²) in [6.07, 6.45) is 3.94. The highest BCUT2D eigenvalue weighted by Gasteiger charge is 2.28. The fraction of sp³-hybridized carbons (Fsp3) is 0.250. The van der Waals surface area contributed by atoms with Gasteiger partial charge in [0, 0.05) is 41.2 Å². The van der Waals surface area contributed by atoms with Crippen molar-refractivity contribution in [2.24, 2.45) is 0 Å². The van der Waals surface area contributed by atoms with Crippen LogP contribution in [0.4, 0.5) is 0 Å². The Hall–Kier alpha value is -3.34. The Bertz CT molecular complexity index is 1120. The van der Waals surface area contributed by atoms with Gasteiger partial charge in [-0.05, 0) is 37.5 Å². The van der Waals surface area contributed by atoms with Gasteiger partial charge in [0.05, 0.1) is 6.20 Å². The van der Waals surface area contributed by atoms with Crippen molar-refractivity contribution in [1.29, 1.82) is 0 Å². The minimum atomic E-state index is 0.0716. The molecule has 1 amide bonds. The third kappa shape index (κ3) is 3.33. The number of carbonyl (C=O) groups is 1. The van der Waals surface area contributed by atoms with Gasteiger partial charge in [-0.25, -0.2) is 0 Å². The predicted molar refractivity (Wildman–Crippen MR) is 115 cm³/mol. The molecule has 1 atom stereocenters. The molecule has 2 aromatic heterocycles. The smallest absolute Gasteiger partial charge is 0.270 e. The number of para-hydroxylation sites is 1. The van der Waals surface area contributed by atoms with Crippen molar-refractivity contribution in [3.05, 3.63) is 77.7 Å². The quantitative estimate of drug-likeness (QED) is 0.528. The SMILES string of the molecule is Cc1ccc(-c2cn[nH]c2[C@@H]2CCCN(C(=O)c3cc4ccccc4[nH]3)C2)cc1. The molecule has 1 saturated heterocycles. The van der Waals surface area contributed by atoms with Crippen LogP contribution in [-0.2, 0) is 0 Å². The lowest BCUT2D eigenvalue weighted by molar-refractivity contribution is 0.0701. The second kappa shape index (κ2) is 7.24. The van der Waals surface area contributed by atoms with E-state index in [-0.39, 0.29) is 11.8 Å². The van der Waals surface area contributed by atoms with Crippen LogP contribution in [0.15, 0.2) is 60.8 Å². The van der Waals surface area contributed by atoms with Crippen LogP contribution >= 0.6 is 0 Å². The van der Waals surface area contributed by atoms with Gasteiger partial charge in [-0.15, -0.1) is 0 Å². The van der Waals surface area contributed by atoms with E-state index in [4.69, 9.17) is 0 Å². The molecule has 5 nitrogen and oxygen atoms in total. The minimum absolute atomic E-state index is 0.0716. The normalized spacial score (nSPS) is 17.0. The lowest BCUT2D eigenvalue weighted by Crippen LogP contribution is -2.39. The summed E-state index contributed by atoms with van der Waals surface area (Å²) in [5.74, 6) is 0.332. The molecule has 146 valence electrons. The van der Waals surface area contributed by atoms with Crippen molar-refractivity contribution in [3.8, 4) is 11.1 Å². The molecule has 1 aliphatic rings. The van der Waals surface area contributed by atoms with Gasteiger partial charge in [-0.2, -0.15) is 5.10 Å². The topological polar surface area (TPSA) is 64.8 Å². The zero-order chi connectivity index (χ0) is 19.8. The minimum Gasteiger partial charge on any atom is -0.351 e. The Morgan fingerprint density at radius 2 is 1.97 bits per heavy atom. The average Bonchev–Trinajstić information content (AvgIpc) is 3.41. The number of piperidine rings is 1. The summed E-state index contributed by atoms with van der Waals surface area (Å²) in [7, 11) is 0. The fourth-order valence-electron chi connectivity index (χ4n) is 4.33. The Labute approximate surface area is 169 Å². The number of aromatic amines is 2. The maximum Gasteiger partial charge on any atom is 0.270 e. The van der Waals surface area contributed by atoms with Crippen molar-refractivity contribution >= 4 is 16.8 Å².